The molecular formula is C22H21ClN2O. The molecule has 0 fully saturated rings. The second-order valence-electron chi connectivity index (χ2n) is 5.79. The Hall–Kier alpha value is -2.78. The van der Waals surface area contributed by atoms with Crippen LogP contribution in [-0.4, -0.2) is 20.0 Å². The van der Waals surface area contributed by atoms with Crippen molar-refractivity contribution in [1.82, 2.24) is 0 Å². The molecule has 3 nitrogen and oxygen atoms in total. The van der Waals surface area contributed by atoms with Gasteiger partial charge in [0.25, 0.3) is 0 Å². The van der Waals surface area contributed by atoms with Crippen molar-refractivity contribution in [3.8, 4) is 5.75 Å². The molecule has 0 aromatic heterocycles. The van der Waals surface area contributed by atoms with Crippen molar-refractivity contribution in [2.45, 2.75) is 6.42 Å². The summed E-state index contributed by atoms with van der Waals surface area (Å²) >= 11 is 6.29. The van der Waals surface area contributed by atoms with E-state index in [9.17, 15) is 0 Å². The van der Waals surface area contributed by atoms with Gasteiger partial charge in [0.05, 0.1) is 12.8 Å². The highest BCUT2D eigenvalue weighted by molar-refractivity contribution is 6.31. The van der Waals surface area contributed by atoms with Crippen molar-refractivity contribution in [2.75, 3.05) is 19.1 Å². The monoisotopic (exact) mass is 364 g/mol. The topological polar surface area (TPSA) is 24.8 Å². The van der Waals surface area contributed by atoms with Gasteiger partial charge in [-0.1, -0.05) is 60.1 Å². The molecule has 0 bridgehead atoms. The predicted octanol–water partition coefficient (Wildman–Crippen LogP) is 5.76. The molecular weight excluding hydrogens is 344 g/mol. The van der Waals surface area contributed by atoms with Crippen molar-refractivity contribution < 1.29 is 4.74 Å². The van der Waals surface area contributed by atoms with E-state index in [1.54, 1.807) is 7.11 Å². The van der Waals surface area contributed by atoms with E-state index in [0.29, 0.717) is 11.4 Å². The van der Waals surface area contributed by atoms with E-state index < -0.39 is 0 Å². The molecule has 4 heteroatoms. The standard InChI is InChI=1S/C22H21ClN2O/c1-24-22(15-17-9-5-3-6-10-17)25(19-11-7-4-8-12-19)20-16-18(23)13-14-21(20)26-2/h3-14,16H,15H2,1-2H3. The van der Waals surface area contributed by atoms with Gasteiger partial charge in [-0.05, 0) is 35.9 Å². The Morgan fingerprint density at radius 3 is 2.23 bits per heavy atom. The molecule has 0 aliphatic rings. The molecule has 0 N–H and O–H groups in total. The maximum Gasteiger partial charge on any atom is 0.143 e. The Morgan fingerprint density at radius 1 is 0.962 bits per heavy atom. The number of benzene rings is 3. The van der Waals surface area contributed by atoms with Gasteiger partial charge in [-0.3, -0.25) is 9.89 Å². The van der Waals surface area contributed by atoms with Crippen molar-refractivity contribution in [3.05, 3.63) is 89.4 Å². The summed E-state index contributed by atoms with van der Waals surface area (Å²) in [5.41, 5.74) is 3.06. The maximum atomic E-state index is 6.29. The Labute approximate surface area is 159 Å². The molecule has 0 atom stereocenters. The van der Waals surface area contributed by atoms with Gasteiger partial charge in [0.15, 0.2) is 0 Å². The first-order valence-corrected chi connectivity index (χ1v) is 8.79. The van der Waals surface area contributed by atoms with Gasteiger partial charge in [0.2, 0.25) is 0 Å². The third-order valence-electron chi connectivity index (χ3n) is 4.12. The largest absolute Gasteiger partial charge is 0.495 e. The van der Waals surface area contributed by atoms with Crippen LogP contribution in [0.3, 0.4) is 0 Å². The number of methoxy groups -OCH3 is 1. The van der Waals surface area contributed by atoms with Crippen molar-refractivity contribution in [2.24, 2.45) is 4.99 Å². The predicted molar refractivity (Wildman–Crippen MR) is 110 cm³/mol. The van der Waals surface area contributed by atoms with Gasteiger partial charge < -0.3 is 4.74 Å². The van der Waals surface area contributed by atoms with Gasteiger partial charge in [-0.2, -0.15) is 0 Å². The first kappa shape index (κ1) is 18.0. The SMILES string of the molecule is CN=C(Cc1ccccc1)N(c1ccccc1)c1cc(Cl)ccc1OC. The summed E-state index contributed by atoms with van der Waals surface area (Å²) in [6, 6.07) is 26.0. The lowest BCUT2D eigenvalue weighted by Crippen LogP contribution is -2.28. The summed E-state index contributed by atoms with van der Waals surface area (Å²) in [7, 11) is 3.47. The number of hydrogen-bond acceptors (Lipinski definition) is 2. The molecule has 0 saturated carbocycles. The van der Waals surface area contributed by atoms with Crippen LogP contribution in [-0.2, 0) is 6.42 Å². The van der Waals surface area contributed by atoms with E-state index in [1.165, 1.54) is 5.56 Å². The van der Waals surface area contributed by atoms with Crippen LogP contribution in [0.25, 0.3) is 0 Å². The van der Waals surface area contributed by atoms with Crippen LogP contribution in [0.15, 0.2) is 83.9 Å². The first-order chi connectivity index (χ1) is 12.7. The number of aliphatic imine (C=N–C) groups is 1. The van der Waals surface area contributed by atoms with E-state index in [2.05, 4.69) is 34.2 Å². The zero-order valence-corrected chi connectivity index (χ0v) is 15.6. The summed E-state index contributed by atoms with van der Waals surface area (Å²) in [5, 5.41) is 0.650. The van der Waals surface area contributed by atoms with Gasteiger partial charge in [0, 0.05) is 24.2 Å². The summed E-state index contributed by atoms with van der Waals surface area (Å²) in [5.74, 6) is 1.65. The lowest BCUT2D eigenvalue weighted by Gasteiger charge is -2.28. The molecule has 3 aromatic rings. The van der Waals surface area contributed by atoms with Crippen LogP contribution >= 0.6 is 11.6 Å². The fourth-order valence-electron chi connectivity index (χ4n) is 2.88. The number of amidine groups is 1. The molecule has 0 aliphatic heterocycles. The third kappa shape index (κ3) is 4.06. The molecule has 0 unspecified atom stereocenters. The van der Waals surface area contributed by atoms with Gasteiger partial charge in [-0.25, -0.2) is 0 Å². The molecule has 3 rings (SSSR count). The van der Waals surface area contributed by atoms with Crippen molar-refractivity contribution in [3.63, 3.8) is 0 Å². The van der Waals surface area contributed by atoms with E-state index in [0.717, 1.165) is 23.0 Å². The zero-order chi connectivity index (χ0) is 18.4. The molecule has 0 amide bonds. The smallest absolute Gasteiger partial charge is 0.143 e. The fraction of sp³-hybridized carbons (Fsp3) is 0.136. The normalized spacial score (nSPS) is 11.3. The number of rotatable bonds is 5. The van der Waals surface area contributed by atoms with Crippen LogP contribution in [0.5, 0.6) is 5.75 Å². The molecule has 0 spiro atoms. The van der Waals surface area contributed by atoms with Gasteiger partial charge in [0.1, 0.15) is 11.6 Å². The highest BCUT2D eigenvalue weighted by atomic mass is 35.5. The highest BCUT2D eigenvalue weighted by Crippen LogP contribution is 2.36. The van der Waals surface area contributed by atoms with E-state index in [1.807, 2.05) is 61.6 Å². The second kappa shape index (κ2) is 8.54. The third-order valence-corrected chi connectivity index (χ3v) is 4.35. The quantitative estimate of drug-likeness (QED) is 0.425. The van der Waals surface area contributed by atoms with Crippen LogP contribution in [0.1, 0.15) is 5.56 Å². The number of nitrogens with zero attached hydrogens (tertiary/aromatic N) is 2. The number of ether oxygens (including phenoxy) is 1. The number of hydrogen-bond donors (Lipinski definition) is 0. The summed E-state index contributed by atoms with van der Waals surface area (Å²) in [6.07, 6.45) is 0.696. The summed E-state index contributed by atoms with van der Waals surface area (Å²) in [6.45, 7) is 0. The second-order valence-corrected chi connectivity index (χ2v) is 6.23. The maximum absolute atomic E-state index is 6.29. The highest BCUT2D eigenvalue weighted by Gasteiger charge is 2.20. The Kier molecular flexibility index (Phi) is 5.92. The van der Waals surface area contributed by atoms with Crippen LogP contribution < -0.4 is 9.64 Å². The molecule has 0 aliphatic carbocycles. The van der Waals surface area contributed by atoms with Gasteiger partial charge >= 0.3 is 0 Å². The number of para-hydroxylation sites is 1. The van der Waals surface area contributed by atoms with E-state index >= 15 is 0 Å². The lowest BCUT2D eigenvalue weighted by molar-refractivity contribution is 0.416. The molecule has 132 valence electrons. The lowest BCUT2D eigenvalue weighted by atomic mass is 10.1. The molecule has 0 heterocycles. The summed E-state index contributed by atoms with van der Waals surface area (Å²) < 4.78 is 5.59. The Balaban J connectivity index is 2.11. The number of anilines is 2. The molecule has 0 saturated heterocycles. The minimum Gasteiger partial charge on any atom is -0.495 e. The Morgan fingerprint density at radius 2 is 1.62 bits per heavy atom. The van der Waals surface area contributed by atoms with Crippen LogP contribution in [0.4, 0.5) is 11.4 Å². The van der Waals surface area contributed by atoms with Crippen molar-refractivity contribution >= 4 is 28.8 Å². The molecule has 3 aromatic carbocycles. The zero-order valence-electron chi connectivity index (χ0n) is 14.9. The summed E-state index contributed by atoms with van der Waals surface area (Å²) in [4.78, 5) is 6.68. The van der Waals surface area contributed by atoms with Crippen LogP contribution in [0.2, 0.25) is 5.02 Å². The number of halogens is 1. The molecule has 26 heavy (non-hydrogen) atoms. The average Bonchev–Trinajstić information content (AvgIpc) is 2.69. The van der Waals surface area contributed by atoms with Gasteiger partial charge in [-0.15, -0.1) is 0 Å². The Bertz CT molecular complexity index is 879. The minimum absolute atomic E-state index is 0.650. The minimum atomic E-state index is 0.650. The molecule has 0 radical (unpaired) electrons. The average molecular weight is 365 g/mol. The fourth-order valence-corrected chi connectivity index (χ4v) is 3.04. The van der Waals surface area contributed by atoms with Crippen LogP contribution in [0, 0.1) is 0 Å². The van der Waals surface area contributed by atoms with E-state index in [-0.39, 0.29) is 0 Å². The van der Waals surface area contributed by atoms with Crippen molar-refractivity contribution in [1.29, 1.82) is 0 Å². The van der Waals surface area contributed by atoms with E-state index in [4.69, 9.17) is 16.3 Å². The first-order valence-electron chi connectivity index (χ1n) is 8.41.